The SMILES string of the molecule is COc1cc(C(C)O)c([N+](=O)[O-])cc1OCCNC(=O)C(CSC(c1ccccc1)(c1ccccc1)c1ccccc1)NC(=O)OC(C)(C)C. The van der Waals surface area contributed by atoms with Crippen LogP contribution in [0.2, 0.25) is 0 Å². The lowest BCUT2D eigenvalue weighted by Gasteiger charge is -2.36. The van der Waals surface area contributed by atoms with Gasteiger partial charge in [0.2, 0.25) is 5.91 Å². The number of nitrogens with zero attached hydrogens (tertiary/aromatic N) is 1. The van der Waals surface area contributed by atoms with Crippen LogP contribution in [0.5, 0.6) is 11.5 Å². The fraction of sp³-hybridized carbons (Fsp3) is 0.316. The Labute approximate surface area is 296 Å². The zero-order valence-electron chi connectivity index (χ0n) is 28.8. The lowest BCUT2D eigenvalue weighted by atomic mass is 9.84. The first-order valence-corrected chi connectivity index (χ1v) is 17.1. The van der Waals surface area contributed by atoms with E-state index in [4.69, 9.17) is 14.2 Å². The van der Waals surface area contributed by atoms with Crippen LogP contribution < -0.4 is 20.1 Å². The summed E-state index contributed by atoms with van der Waals surface area (Å²) in [5.41, 5.74) is 1.96. The molecule has 2 unspecified atom stereocenters. The summed E-state index contributed by atoms with van der Waals surface area (Å²) in [6.45, 7) is 6.58. The van der Waals surface area contributed by atoms with Crippen molar-refractivity contribution in [1.29, 1.82) is 0 Å². The Hall–Kier alpha value is -5.07. The standard InChI is InChI=1S/C38H43N3O8S/c1-26(42)30-23-33(47-5)34(24-32(30)41(45)46)48-22-21-39-35(43)31(40-36(44)49-37(2,3)4)25-50-38(27-15-9-6-10-16-27,28-17-11-7-12-18-28)29-19-13-8-14-20-29/h6-20,23-24,26,31,42H,21-22,25H2,1-5H3,(H,39,43)(H,40,44). The summed E-state index contributed by atoms with van der Waals surface area (Å²) in [5.74, 6) is -0.0451. The summed E-state index contributed by atoms with van der Waals surface area (Å²) in [7, 11) is 1.38. The van der Waals surface area contributed by atoms with Gasteiger partial charge in [-0.2, -0.15) is 0 Å². The van der Waals surface area contributed by atoms with Gasteiger partial charge in [0.25, 0.3) is 5.69 Å². The van der Waals surface area contributed by atoms with Crippen molar-refractivity contribution in [3.8, 4) is 11.5 Å². The van der Waals surface area contributed by atoms with Gasteiger partial charge in [-0.05, 0) is 50.5 Å². The quantitative estimate of drug-likeness (QED) is 0.0528. The summed E-state index contributed by atoms with van der Waals surface area (Å²) in [5, 5.41) is 27.2. The van der Waals surface area contributed by atoms with E-state index in [2.05, 4.69) is 10.6 Å². The molecule has 11 nitrogen and oxygen atoms in total. The second kappa shape index (κ2) is 17.0. The van der Waals surface area contributed by atoms with Crippen molar-refractivity contribution in [3.05, 3.63) is 135 Å². The van der Waals surface area contributed by atoms with Crippen LogP contribution in [0.4, 0.5) is 10.5 Å². The number of aliphatic hydroxyl groups excluding tert-OH is 1. The maximum absolute atomic E-state index is 13.8. The van der Waals surface area contributed by atoms with E-state index in [1.54, 1.807) is 20.8 Å². The number of hydrogen-bond acceptors (Lipinski definition) is 9. The Morgan fingerprint density at radius 2 is 1.40 bits per heavy atom. The van der Waals surface area contributed by atoms with Gasteiger partial charge in [-0.25, -0.2) is 4.79 Å². The highest BCUT2D eigenvalue weighted by Crippen LogP contribution is 2.48. The van der Waals surface area contributed by atoms with Crippen LogP contribution in [0.1, 0.15) is 56.1 Å². The summed E-state index contributed by atoms with van der Waals surface area (Å²) in [6.07, 6.45) is -1.84. The molecule has 50 heavy (non-hydrogen) atoms. The number of benzene rings is 4. The van der Waals surface area contributed by atoms with E-state index >= 15 is 0 Å². The fourth-order valence-electron chi connectivity index (χ4n) is 5.40. The molecule has 0 saturated heterocycles. The molecule has 0 radical (unpaired) electrons. The third-order valence-electron chi connectivity index (χ3n) is 7.63. The number of aliphatic hydroxyl groups is 1. The number of methoxy groups -OCH3 is 1. The first-order chi connectivity index (χ1) is 23.9. The summed E-state index contributed by atoms with van der Waals surface area (Å²) in [4.78, 5) is 37.8. The number of carbonyl (C=O) groups excluding carboxylic acids is 2. The average Bonchev–Trinajstić information content (AvgIpc) is 3.10. The molecule has 4 aromatic rings. The number of nitro groups is 1. The van der Waals surface area contributed by atoms with Gasteiger partial charge in [0.15, 0.2) is 11.5 Å². The van der Waals surface area contributed by atoms with Gasteiger partial charge in [-0.1, -0.05) is 91.0 Å². The molecule has 4 aromatic carbocycles. The highest BCUT2D eigenvalue weighted by atomic mass is 32.2. The zero-order chi connectivity index (χ0) is 36.3. The summed E-state index contributed by atoms with van der Waals surface area (Å²) >= 11 is 1.51. The molecule has 0 saturated carbocycles. The Morgan fingerprint density at radius 1 is 0.880 bits per heavy atom. The Kier molecular flexibility index (Phi) is 12.9. The Bertz CT molecular complexity index is 1640. The molecule has 0 heterocycles. The van der Waals surface area contributed by atoms with Gasteiger partial charge in [-0.3, -0.25) is 14.9 Å². The number of amides is 2. The molecular weight excluding hydrogens is 658 g/mol. The summed E-state index contributed by atoms with van der Waals surface area (Å²) < 4.78 is 15.9. The number of ether oxygens (including phenoxy) is 3. The molecule has 4 rings (SSSR count). The lowest BCUT2D eigenvalue weighted by Crippen LogP contribution is -2.50. The Morgan fingerprint density at radius 3 is 1.84 bits per heavy atom. The minimum Gasteiger partial charge on any atom is -0.493 e. The molecule has 0 bridgehead atoms. The van der Waals surface area contributed by atoms with Crippen molar-refractivity contribution < 1.29 is 33.8 Å². The number of nitrogens with one attached hydrogen (secondary N) is 2. The first kappa shape index (κ1) is 37.7. The number of rotatable bonds is 15. The molecule has 0 spiro atoms. The van der Waals surface area contributed by atoms with Crippen molar-refractivity contribution >= 4 is 29.4 Å². The van der Waals surface area contributed by atoms with Crippen LogP contribution in [-0.4, -0.2) is 59.7 Å². The van der Waals surface area contributed by atoms with Crippen LogP contribution in [0.25, 0.3) is 0 Å². The smallest absolute Gasteiger partial charge is 0.408 e. The van der Waals surface area contributed by atoms with Crippen molar-refractivity contribution in [3.63, 3.8) is 0 Å². The van der Waals surface area contributed by atoms with Crippen molar-refractivity contribution in [2.24, 2.45) is 0 Å². The van der Waals surface area contributed by atoms with E-state index in [-0.39, 0.29) is 41.7 Å². The molecule has 0 aromatic heterocycles. The van der Waals surface area contributed by atoms with E-state index in [0.29, 0.717) is 0 Å². The number of thioether (sulfide) groups is 1. The predicted octanol–water partition coefficient (Wildman–Crippen LogP) is 6.77. The van der Waals surface area contributed by atoms with Crippen LogP contribution in [-0.2, 0) is 14.3 Å². The normalized spacial score (nSPS) is 12.7. The molecule has 264 valence electrons. The highest BCUT2D eigenvalue weighted by Gasteiger charge is 2.39. The first-order valence-electron chi connectivity index (χ1n) is 16.1. The topological polar surface area (TPSA) is 149 Å². The average molecular weight is 702 g/mol. The number of nitro benzene ring substituents is 1. The largest absolute Gasteiger partial charge is 0.493 e. The molecular formula is C38H43N3O8S. The fourth-order valence-corrected chi connectivity index (χ4v) is 6.96. The van der Waals surface area contributed by atoms with Crippen molar-refractivity contribution in [2.45, 2.75) is 50.2 Å². The van der Waals surface area contributed by atoms with Crippen LogP contribution >= 0.6 is 11.8 Å². The minimum atomic E-state index is -1.10. The van der Waals surface area contributed by atoms with E-state index in [1.807, 2.05) is 91.0 Å². The number of hydrogen-bond donors (Lipinski definition) is 3. The number of carbonyl (C=O) groups is 2. The van der Waals surface area contributed by atoms with Gasteiger partial charge < -0.3 is 30.0 Å². The third kappa shape index (κ3) is 9.54. The minimum absolute atomic E-state index is 0.00625. The van der Waals surface area contributed by atoms with Crippen LogP contribution in [0.15, 0.2) is 103 Å². The predicted molar refractivity (Wildman–Crippen MR) is 194 cm³/mol. The zero-order valence-corrected chi connectivity index (χ0v) is 29.6. The van der Waals surface area contributed by atoms with E-state index in [0.717, 1.165) is 16.7 Å². The van der Waals surface area contributed by atoms with Crippen LogP contribution in [0, 0.1) is 10.1 Å². The molecule has 2 amide bonds. The number of alkyl carbamates (subject to hydrolysis) is 1. The molecule has 0 aliphatic carbocycles. The van der Waals surface area contributed by atoms with Gasteiger partial charge in [0.1, 0.15) is 18.2 Å². The third-order valence-corrected chi connectivity index (χ3v) is 9.27. The van der Waals surface area contributed by atoms with Gasteiger partial charge in [0.05, 0.1) is 41.1 Å². The van der Waals surface area contributed by atoms with E-state index < -0.39 is 39.4 Å². The maximum Gasteiger partial charge on any atom is 0.408 e. The van der Waals surface area contributed by atoms with Crippen LogP contribution in [0.3, 0.4) is 0 Å². The molecule has 2 atom stereocenters. The highest BCUT2D eigenvalue weighted by molar-refractivity contribution is 8.00. The van der Waals surface area contributed by atoms with Gasteiger partial charge in [-0.15, -0.1) is 11.8 Å². The second-order valence-corrected chi connectivity index (χ2v) is 13.7. The summed E-state index contributed by atoms with van der Waals surface area (Å²) in [6, 6.07) is 31.5. The molecule has 12 heteroatoms. The molecule has 0 aliphatic heterocycles. The van der Waals surface area contributed by atoms with E-state index in [9.17, 15) is 24.8 Å². The van der Waals surface area contributed by atoms with Crippen molar-refractivity contribution in [2.75, 3.05) is 26.0 Å². The Balaban J connectivity index is 1.60. The monoisotopic (exact) mass is 701 g/mol. The van der Waals surface area contributed by atoms with E-state index in [1.165, 1.54) is 37.9 Å². The van der Waals surface area contributed by atoms with Crippen molar-refractivity contribution in [1.82, 2.24) is 10.6 Å². The maximum atomic E-state index is 13.8. The van der Waals surface area contributed by atoms with Gasteiger partial charge >= 0.3 is 6.09 Å². The second-order valence-electron chi connectivity index (χ2n) is 12.4. The lowest BCUT2D eigenvalue weighted by molar-refractivity contribution is -0.386. The molecule has 0 aliphatic rings. The van der Waals surface area contributed by atoms with Gasteiger partial charge in [0, 0.05) is 5.75 Å². The molecule has 3 N–H and O–H groups in total. The molecule has 0 fully saturated rings.